The number of aromatic nitrogens is 3. The molecule has 5 heteroatoms. The zero-order valence-corrected chi connectivity index (χ0v) is 18.7. The van der Waals surface area contributed by atoms with E-state index in [9.17, 15) is 4.39 Å². The molecule has 164 valence electrons. The molecule has 4 nitrogen and oxygen atoms in total. The van der Waals surface area contributed by atoms with Gasteiger partial charge in [-0.25, -0.2) is 4.39 Å². The molecule has 0 saturated carbocycles. The zero-order valence-electron chi connectivity index (χ0n) is 18.7. The smallest absolute Gasteiger partial charge is 0.123 e. The topological polar surface area (TPSA) is 56.8 Å². The summed E-state index contributed by atoms with van der Waals surface area (Å²) in [4.78, 5) is 7.88. The van der Waals surface area contributed by atoms with Gasteiger partial charge >= 0.3 is 0 Å². The van der Waals surface area contributed by atoms with Crippen LogP contribution in [0.25, 0.3) is 45.6 Å². The lowest BCUT2D eigenvalue weighted by Crippen LogP contribution is -2.23. The van der Waals surface area contributed by atoms with Crippen LogP contribution in [-0.4, -0.2) is 21.4 Å². The Labute approximate surface area is 191 Å². The van der Waals surface area contributed by atoms with E-state index in [1.807, 2.05) is 50.3 Å². The predicted octanol–water partition coefficient (Wildman–Crippen LogP) is 5.66. The summed E-state index contributed by atoms with van der Waals surface area (Å²) in [6, 6.07) is 14.7. The van der Waals surface area contributed by atoms with E-state index < -0.39 is 0 Å². The molecule has 0 saturated heterocycles. The molecule has 2 aromatic carbocycles. The molecular weight excluding hydrogens is 411 g/mol. The quantitative estimate of drug-likeness (QED) is 0.297. The van der Waals surface area contributed by atoms with E-state index in [1.165, 1.54) is 12.1 Å². The molecule has 4 rings (SSSR count). The molecule has 33 heavy (non-hydrogen) atoms. The monoisotopic (exact) mass is 436 g/mol. The highest BCUT2D eigenvalue weighted by atomic mass is 19.1. The van der Waals surface area contributed by atoms with Crippen molar-refractivity contribution in [3.05, 3.63) is 101 Å². The second-order valence-corrected chi connectivity index (χ2v) is 7.50. The fourth-order valence-corrected chi connectivity index (χ4v) is 3.82. The van der Waals surface area contributed by atoms with Crippen LogP contribution >= 0.6 is 0 Å². The minimum atomic E-state index is -0.251. The largest absolute Gasteiger partial charge is 0.353 e. The van der Waals surface area contributed by atoms with E-state index in [-0.39, 0.29) is 5.82 Å². The fourth-order valence-electron chi connectivity index (χ4n) is 3.82. The van der Waals surface area contributed by atoms with Crippen molar-refractivity contribution < 1.29 is 4.39 Å². The number of hydrogen-bond acceptors (Lipinski definition) is 2. The van der Waals surface area contributed by atoms with Crippen LogP contribution in [0.1, 0.15) is 13.8 Å². The summed E-state index contributed by atoms with van der Waals surface area (Å²) in [7, 11) is 0. The maximum atomic E-state index is 13.4. The van der Waals surface area contributed by atoms with Gasteiger partial charge in [-0.2, -0.15) is 5.10 Å². The maximum absolute atomic E-state index is 13.4. The average molecular weight is 437 g/mol. The Morgan fingerprint density at radius 2 is 1.91 bits per heavy atom. The number of H-pyrrole nitrogens is 2. The molecule has 2 N–H and O–H groups in total. The molecule has 0 bridgehead atoms. The van der Waals surface area contributed by atoms with E-state index in [2.05, 4.69) is 39.4 Å². The Balaban J connectivity index is 1.87. The first kappa shape index (κ1) is 22.0. The van der Waals surface area contributed by atoms with Crippen LogP contribution in [0.4, 0.5) is 4.39 Å². The number of aliphatic imine (C=N–C) groups is 1. The molecule has 0 radical (unpaired) electrons. The van der Waals surface area contributed by atoms with Crippen molar-refractivity contribution in [1.29, 1.82) is 0 Å². The number of rotatable bonds is 6. The summed E-state index contributed by atoms with van der Waals surface area (Å²) in [6.45, 7) is 11.8. The highest BCUT2D eigenvalue weighted by Crippen LogP contribution is 2.31. The second kappa shape index (κ2) is 9.49. The van der Waals surface area contributed by atoms with Gasteiger partial charge in [0.05, 0.1) is 16.7 Å². The molecule has 0 spiro atoms. The van der Waals surface area contributed by atoms with Gasteiger partial charge in [0.2, 0.25) is 0 Å². The standard InChI is InChI=1S/C28H25FN4/c1-5-15-30-24(6-2)18(4)16-23-25(7-3)32-33-28(23)27-17-22-21(9-8-10-26(22)31-27)19-11-13-20(29)14-12-19/h5-17,31-32H,1,4H2,2-3H3/b23-16+,24-6-,25-7+,30-15?. The van der Waals surface area contributed by atoms with Gasteiger partial charge in [-0.3, -0.25) is 10.1 Å². The molecule has 0 atom stereocenters. The summed E-state index contributed by atoms with van der Waals surface area (Å²) in [6.07, 6.45) is 9.15. The van der Waals surface area contributed by atoms with Gasteiger partial charge in [0.25, 0.3) is 0 Å². The van der Waals surface area contributed by atoms with Crippen molar-refractivity contribution >= 4 is 29.3 Å². The van der Waals surface area contributed by atoms with Gasteiger partial charge in [-0.1, -0.05) is 55.7 Å². The summed E-state index contributed by atoms with van der Waals surface area (Å²) in [5.41, 5.74) is 6.15. The molecule has 0 aliphatic carbocycles. The summed E-state index contributed by atoms with van der Waals surface area (Å²) < 4.78 is 13.4. The van der Waals surface area contributed by atoms with E-state index >= 15 is 0 Å². The number of fused-ring (bicyclic) bond motifs is 1. The Morgan fingerprint density at radius 3 is 2.61 bits per heavy atom. The van der Waals surface area contributed by atoms with E-state index in [0.717, 1.165) is 55.3 Å². The lowest BCUT2D eigenvalue weighted by atomic mass is 10.0. The number of nitrogens with one attached hydrogen (secondary N) is 2. The summed E-state index contributed by atoms with van der Waals surface area (Å²) >= 11 is 0. The van der Waals surface area contributed by atoms with Crippen LogP contribution in [0.5, 0.6) is 0 Å². The Kier molecular flexibility index (Phi) is 6.31. The summed E-state index contributed by atoms with van der Waals surface area (Å²) in [5, 5.41) is 10.6. The Morgan fingerprint density at radius 1 is 1.12 bits per heavy atom. The third kappa shape index (κ3) is 4.39. The van der Waals surface area contributed by atoms with Gasteiger partial charge in [-0.15, -0.1) is 0 Å². The van der Waals surface area contributed by atoms with Gasteiger partial charge in [0.15, 0.2) is 0 Å². The highest BCUT2D eigenvalue weighted by molar-refractivity contribution is 5.98. The number of aromatic amines is 2. The first-order valence-electron chi connectivity index (χ1n) is 10.7. The third-order valence-corrected chi connectivity index (χ3v) is 5.44. The lowest BCUT2D eigenvalue weighted by molar-refractivity contribution is 0.628. The van der Waals surface area contributed by atoms with Crippen LogP contribution in [0.3, 0.4) is 0 Å². The fraction of sp³-hybridized carbons (Fsp3) is 0.0714. The first-order valence-corrected chi connectivity index (χ1v) is 10.7. The van der Waals surface area contributed by atoms with Crippen molar-refractivity contribution in [2.45, 2.75) is 13.8 Å². The molecule has 0 fully saturated rings. The first-order chi connectivity index (χ1) is 16.0. The van der Waals surface area contributed by atoms with Crippen LogP contribution < -0.4 is 10.6 Å². The normalized spacial score (nSPS) is 13.4. The average Bonchev–Trinajstić information content (AvgIpc) is 3.43. The number of halogens is 1. The second-order valence-electron chi connectivity index (χ2n) is 7.50. The minimum Gasteiger partial charge on any atom is -0.353 e. The molecule has 0 amide bonds. The van der Waals surface area contributed by atoms with Crippen molar-refractivity contribution in [2.24, 2.45) is 4.99 Å². The molecule has 2 heterocycles. The van der Waals surface area contributed by atoms with Gasteiger partial charge in [0.1, 0.15) is 11.5 Å². The molecule has 0 aliphatic heterocycles. The Bertz CT molecular complexity index is 1510. The van der Waals surface area contributed by atoms with E-state index in [0.29, 0.717) is 0 Å². The number of hydrogen-bond donors (Lipinski definition) is 2. The van der Waals surface area contributed by atoms with Gasteiger partial charge < -0.3 is 4.98 Å². The van der Waals surface area contributed by atoms with Crippen LogP contribution in [0, 0.1) is 5.82 Å². The highest BCUT2D eigenvalue weighted by Gasteiger charge is 2.12. The zero-order chi connectivity index (χ0) is 23.4. The van der Waals surface area contributed by atoms with Gasteiger partial charge in [0, 0.05) is 22.3 Å². The van der Waals surface area contributed by atoms with Crippen LogP contribution in [-0.2, 0) is 0 Å². The van der Waals surface area contributed by atoms with Crippen LogP contribution in [0.15, 0.2) is 90.1 Å². The number of nitrogens with zero attached hydrogens (tertiary/aromatic N) is 2. The lowest BCUT2D eigenvalue weighted by Gasteiger charge is -2.03. The number of allylic oxidation sites excluding steroid dienone is 3. The molecule has 0 aliphatic rings. The van der Waals surface area contributed by atoms with Crippen molar-refractivity contribution in [1.82, 2.24) is 15.2 Å². The van der Waals surface area contributed by atoms with Gasteiger partial charge in [-0.05, 0) is 60.9 Å². The molecule has 4 aromatic rings. The SMILES string of the molecule is C=CC=N/C(=C\C)C(=C)/C=c1/c(-c2cc3c(-c4ccc(F)cc4)cccc3[nH]2)n[nH]/c1=C/C. The molecular formula is C28H25FN4. The van der Waals surface area contributed by atoms with Crippen molar-refractivity contribution in [2.75, 3.05) is 0 Å². The van der Waals surface area contributed by atoms with Crippen LogP contribution in [0.2, 0.25) is 0 Å². The van der Waals surface area contributed by atoms with E-state index in [4.69, 9.17) is 0 Å². The Hall–Kier alpha value is -4.25. The third-order valence-electron chi connectivity index (χ3n) is 5.44. The van der Waals surface area contributed by atoms with Crippen molar-refractivity contribution in [3.63, 3.8) is 0 Å². The minimum absolute atomic E-state index is 0.251. The van der Waals surface area contributed by atoms with Crippen molar-refractivity contribution in [3.8, 4) is 22.5 Å². The molecule has 0 unspecified atom stereocenters. The molecule has 2 aromatic heterocycles. The summed E-state index contributed by atoms with van der Waals surface area (Å²) in [5.74, 6) is -0.251. The maximum Gasteiger partial charge on any atom is 0.123 e. The predicted molar refractivity (Wildman–Crippen MR) is 137 cm³/mol. The van der Waals surface area contributed by atoms with E-state index in [1.54, 1.807) is 24.4 Å². The number of benzene rings is 2.